The minimum absolute atomic E-state index is 0.132. The summed E-state index contributed by atoms with van der Waals surface area (Å²) in [5.41, 5.74) is 9.11. The van der Waals surface area contributed by atoms with Gasteiger partial charge in [-0.15, -0.1) is 11.3 Å². The number of thiophene rings is 1. The molecule has 0 fully saturated rings. The molecule has 2 aromatic rings. The topological polar surface area (TPSA) is 81.2 Å². The molecule has 0 aliphatic carbocycles. The number of nitro groups is 1. The summed E-state index contributed by atoms with van der Waals surface area (Å²) in [4.78, 5) is 11.6. The molecule has 0 aliphatic rings. The van der Waals surface area contributed by atoms with Crippen LogP contribution in [-0.4, -0.2) is 4.92 Å². The summed E-state index contributed by atoms with van der Waals surface area (Å²) in [6.07, 6.45) is 0. The molecule has 1 aromatic heterocycles. The van der Waals surface area contributed by atoms with Crippen molar-refractivity contribution in [2.45, 2.75) is 20.4 Å². The number of nitrogens with two attached hydrogens (primary N) is 1. The molecule has 0 aliphatic heterocycles. The first-order chi connectivity index (χ1) is 8.99. The van der Waals surface area contributed by atoms with Crippen molar-refractivity contribution in [2.75, 3.05) is 11.1 Å². The molecule has 0 spiro atoms. The van der Waals surface area contributed by atoms with E-state index in [-0.39, 0.29) is 10.6 Å². The van der Waals surface area contributed by atoms with Crippen LogP contribution in [0.25, 0.3) is 0 Å². The maximum absolute atomic E-state index is 10.9. The average Bonchev–Trinajstić information content (AvgIpc) is 2.73. The van der Waals surface area contributed by atoms with Gasteiger partial charge >= 0.3 is 0 Å². The molecular formula is C13H15N3O2S. The molecule has 0 atom stereocenters. The summed E-state index contributed by atoms with van der Waals surface area (Å²) in [5.74, 6) is 0. The highest BCUT2D eigenvalue weighted by Gasteiger charge is 2.13. The number of nitro benzene ring substituents is 1. The van der Waals surface area contributed by atoms with Crippen LogP contribution in [0.1, 0.15) is 16.0 Å². The molecule has 0 saturated heterocycles. The van der Waals surface area contributed by atoms with E-state index in [1.807, 2.05) is 24.4 Å². The van der Waals surface area contributed by atoms with Crippen LogP contribution in [0.4, 0.5) is 17.1 Å². The molecular weight excluding hydrogens is 262 g/mol. The van der Waals surface area contributed by atoms with Gasteiger partial charge < -0.3 is 11.1 Å². The van der Waals surface area contributed by atoms with E-state index in [0.717, 1.165) is 21.8 Å². The lowest BCUT2D eigenvalue weighted by atomic mass is 10.1. The summed E-state index contributed by atoms with van der Waals surface area (Å²) in [6, 6.07) is 5.25. The van der Waals surface area contributed by atoms with Crippen molar-refractivity contribution >= 4 is 28.4 Å². The number of anilines is 2. The third-order valence-electron chi connectivity index (χ3n) is 2.96. The highest BCUT2D eigenvalue weighted by atomic mass is 32.1. The zero-order chi connectivity index (χ0) is 14.0. The van der Waals surface area contributed by atoms with Gasteiger partial charge in [-0.3, -0.25) is 10.1 Å². The third kappa shape index (κ3) is 2.85. The second-order valence-corrected chi connectivity index (χ2v) is 5.36. The maximum atomic E-state index is 10.9. The number of nitrogens with zero attached hydrogens (tertiary/aromatic N) is 1. The molecule has 2 rings (SSSR count). The van der Waals surface area contributed by atoms with Crippen molar-refractivity contribution in [2.24, 2.45) is 0 Å². The predicted octanol–water partition coefficient (Wildman–Crippen LogP) is 3.47. The van der Waals surface area contributed by atoms with Crippen molar-refractivity contribution in [1.29, 1.82) is 0 Å². The van der Waals surface area contributed by atoms with Crippen LogP contribution in [0, 0.1) is 24.0 Å². The molecule has 1 aromatic carbocycles. The van der Waals surface area contributed by atoms with Gasteiger partial charge in [0.15, 0.2) is 0 Å². The maximum Gasteiger partial charge on any atom is 0.274 e. The fourth-order valence-corrected chi connectivity index (χ4v) is 2.64. The standard InChI is InChI=1S/C13H15N3O2S/c1-8-5-9(2)12(16(17)18)6-11(8)15-7-13-10(14)3-4-19-13/h3-6,15H,7,14H2,1-2H3. The Kier molecular flexibility index (Phi) is 3.71. The van der Waals surface area contributed by atoms with E-state index in [1.165, 1.54) is 0 Å². The molecule has 100 valence electrons. The lowest BCUT2D eigenvalue weighted by Gasteiger charge is -2.10. The first-order valence-electron chi connectivity index (χ1n) is 5.80. The minimum Gasteiger partial charge on any atom is -0.398 e. The van der Waals surface area contributed by atoms with Crippen molar-refractivity contribution in [3.63, 3.8) is 0 Å². The summed E-state index contributed by atoms with van der Waals surface area (Å²) < 4.78 is 0. The number of nitrogen functional groups attached to an aromatic ring is 1. The van der Waals surface area contributed by atoms with E-state index in [1.54, 1.807) is 24.3 Å². The first kappa shape index (κ1) is 13.4. The number of aryl methyl sites for hydroxylation is 2. The average molecular weight is 277 g/mol. The molecule has 3 N–H and O–H groups in total. The number of benzene rings is 1. The molecule has 1 heterocycles. The van der Waals surface area contributed by atoms with Gasteiger partial charge in [0.25, 0.3) is 5.69 Å². The Morgan fingerprint density at radius 3 is 2.68 bits per heavy atom. The fourth-order valence-electron chi connectivity index (χ4n) is 1.90. The van der Waals surface area contributed by atoms with Crippen LogP contribution < -0.4 is 11.1 Å². The lowest BCUT2D eigenvalue weighted by Crippen LogP contribution is -2.03. The smallest absolute Gasteiger partial charge is 0.274 e. The monoisotopic (exact) mass is 277 g/mol. The van der Waals surface area contributed by atoms with Crippen LogP contribution in [0.2, 0.25) is 0 Å². The van der Waals surface area contributed by atoms with E-state index in [2.05, 4.69) is 5.32 Å². The lowest BCUT2D eigenvalue weighted by molar-refractivity contribution is -0.385. The van der Waals surface area contributed by atoms with Crippen LogP contribution >= 0.6 is 11.3 Å². The van der Waals surface area contributed by atoms with E-state index in [4.69, 9.17) is 5.73 Å². The Bertz CT molecular complexity index is 622. The molecule has 0 saturated carbocycles. The van der Waals surface area contributed by atoms with Gasteiger partial charge in [0.2, 0.25) is 0 Å². The number of nitrogens with one attached hydrogen (secondary N) is 1. The zero-order valence-corrected chi connectivity index (χ0v) is 11.6. The summed E-state index contributed by atoms with van der Waals surface area (Å²) in [5, 5.41) is 16.1. The molecule has 0 amide bonds. The van der Waals surface area contributed by atoms with Crippen LogP contribution in [-0.2, 0) is 6.54 Å². The number of rotatable bonds is 4. The normalized spacial score (nSPS) is 10.4. The first-order valence-corrected chi connectivity index (χ1v) is 6.68. The Morgan fingerprint density at radius 2 is 2.11 bits per heavy atom. The SMILES string of the molecule is Cc1cc(C)c([N+](=O)[O-])cc1NCc1sccc1N. The van der Waals surface area contributed by atoms with Gasteiger partial charge in [-0.25, -0.2) is 0 Å². The number of hydrogen-bond donors (Lipinski definition) is 2. The van der Waals surface area contributed by atoms with Gasteiger partial charge in [-0.05, 0) is 36.9 Å². The van der Waals surface area contributed by atoms with Gasteiger partial charge in [0.05, 0.1) is 11.5 Å². The van der Waals surface area contributed by atoms with Gasteiger partial charge in [0.1, 0.15) is 0 Å². The Labute approximate surface area is 115 Å². The molecule has 0 bridgehead atoms. The Hall–Kier alpha value is -2.08. The van der Waals surface area contributed by atoms with Gasteiger partial charge in [-0.2, -0.15) is 0 Å². The van der Waals surface area contributed by atoms with Crippen LogP contribution in [0.5, 0.6) is 0 Å². The highest BCUT2D eigenvalue weighted by molar-refractivity contribution is 7.10. The molecule has 19 heavy (non-hydrogen) atoms. The molecule has 6 heteroatoms. The fraction of sp³-hybridized carbons (Fsp3) is 0.231. The summed E-state index contributed by atoms with van der Waals surface area (Å²) >= 11 is 1.57. The van der Waals surface area contributed by atoms with Crippen LogP contribution in [0.15, 0.2) is 23.6 Å². The van der Waals surface area contributed by atoms with E-state index >= 15 is 0 Å². The Balaban J connectivity index is 2.23. The summed E-state index contributed by atoms with van der Waals surface area (Å²) in [6.45, 7) is 4.24. The number of hydrogen-bond acceptors (Lipinski definition) is 5. The minimum atomic E-state index is -0.362. The zero-order valence-electron chi connectivity index (χ0n) is 10.8. The summed E-state index contributed by atoms with van der Waals surface area (Å²) in [7, 11) is 0. The molecule has 0 unspecified atom stereocenters. The van der Waals surface area contributed by atoms with E-state index in [0.29, 0.717) is 12.1 Å². The quantitative estimate of drug-likeness (QED) is 0.662. The van der Waals surface area contributed by atoms with Crippen LogP contribution in [0.3, 0.4) is 0 Å². The van der Waals surface area contributed by atoms with Crippen molar-refractivity contribution in [3.05, 3.63) is 49.7 Å². The van der Waals surface area contributed by atoms with E-state index < -0.39 is 0 Å². The second kappa shape index (κ2) is 5.27. The Morgan fingerprint density at radius 1 is 1.37 bits per heavy atom. The third-order valence-corrected chi connectivity index (χ3v) is 3.90. The van der Waals surface area contributed by atoms with E-state index in [9.17, 15) is 10.1 Å². The van der Waals surface area contributed by atoms with Gasteiger partial charge in [0, 0.05) is 27.9 Å². The molecule has 5 nitrogen and oxygen atoms in total. The highest BCUT2D eigenvalue weighted by Crippen LogP contribution is 2.27. The van der Waals surface area contributed by atoms with Crippen molar-refractivity contribution in [1.82, 2.24) is 0 Å². The van der Waals surface area contributed by atoms with Gasteiger partial charge in [-0.1, -0.05) is 0 Å². The predicted molar refractivity (Wildman–Crippen MR) is 78.6 cm³/mol. The molecule has 0 radical (unpaired) electrons. The largest absolute Gasteiger partial charge is 0.398 e. The van der Waals surface area contributed by atoms with Crippen molar-refractivity contribution in [3.8, 4) is 0 Å². The second-order valence-electron chi connectivity index (χ2n) is 4.36. The van der Waals surface area contributed by atoms with Crippen molar-refractivity contribution < 1.29 is 4.92 Å².